The summed E-state index contributed by atoms with van der Waals surface area (Å²) in [5.74, 6) is 0.476. The number of nitrogens with two attached hydrogens (primary N) is 1. The molecule has 0 aliphatic carbocycles. The van der Waals surface area contributed by atoms with Crippen LogP contribution in [0.2, 0.25) is 0 Å². The van der Waals surface area contributed by atoms with Gasteiger partial charge in [0.25, 0.3) is 0 Å². The van der Waals surface area contributed by atoms with E-state index in [9.17, 15) is 10.1 Å². The number of aromatic nitrogens is 2. The number of rotatable bonds is 4. The highest BCUT2D eigenvalue weighted by Gasteiger charge is 2.23. The van der Waals surface area contributed by atoms with Crippen LogP contribution < -0.4 is 10.5 Å². The molecular formula is C19H16N4O2. The topological polar surface area (TPSA) is 93.9 Å². The van der Waals surface area contributed by atoms with Gasteiger partial charge in [-0.25, -0.2) is 4.68 Å². The minimum atomic E-state index is -0.337. The Labute approximate surface area is 145 Å². The summed E-state index contributed by atoms with van der Waals surface area (Å²) in [6.45, 7) is 1.94. The zero-order chi connectivity index (χ0) is 18.0. The number of nitriles is 1. The van der Waals surface area contributed by atoms with Crippen molar-refractivity contribution in [3.63, 3.8) is 0 Å². The third kappa shape index (κ3) is 2.95. The molecule has 124 valence electrons. The first-order chi connectivity index (χ1) is 12.0. The molecule has 2 N–H and O–H groups in total. The maximum absolute atomic E-state index is 12.7. The van der Waals surface area contributed by atoms with Gasteiger partial charge in [0, 0.05) is 5.56 Å². The number of hydrogen-bond acceptors (Lipinski definition) is 5. The third-order valence-corrected chi connectivity index (χ3v) is 3.88. The number of ether oxygens (including phenoxy) is 1. The van der Waals surface area contributed by atoms with Crippen molar-refractivity contribution < 1.29 is 9.53 Å². The van der Waals surface area contributed by atoms with Crippen molar-refractivity contribution in [1.82, 2.24) is 9.78 Å². The van der Waals surface area contributed by atoms with Crippen LogP contribution in [0.1, 0.15) is 27.2 Å². The molecule has 0 aliphatic rings. The summed E-state index contributed by atoms with van der Waals surface area (Å²) >= 11 is 0. The molecule has 0 atom stereocenters. The predicted molar refractivity (Wildman–Crippen MR) is 93.9 cm³/mol. The zero-order valence-corrected chi connectivity index (χ0v) is 13.9. The van der Waals surface area contributed by atoms with Gasteiger partial charge in [0.15, 0.2) is 5.69 Å². The molecule has 2 aromatic carbocycles. The normalized spacial score (nSPS) is 10.3. The molecule has 6 nitrogen and oxygen atoms in total. The molecule has 0 saturated heterocycles. The fourth-order valence-electron chi connectivity index (χ4n) is 2.46. The molecule has 0 bridgehead atoms. The second-order valence-electron chi connectivity index (χ2n) is 5.53. The molecule has 1 aromatic heterocycles. The van der Waals surface area contributed by atoms with Crippen LogP contribution in [0.15, 0.2) is 48.5 Å². The zero-order valence-electron chi connectivity index (χ0n) is 13.9. The van der Waals surface area contributed by atoms with Crippen molar-refractivity contribution in [2.45, 2.75) is 6.92 Å². The van der Waals surface area contributed by atoms with E-state index in [0.29, 0.717) is 17.0 Å². The van der Waals surface area contributed by atoms with Gasteiger partial charge < -0.3 is 10.5 Å². The number of ketones is 1. The van der Waals surface area contributed by atoms with Crippen LogP contribution in [0.25, 0.3) is 5.69 Å². The molecule has 3 aromatic rings. The number of nitrogens with zero attached hydrogens (tertiary/aromatic N) is 3. The highest BCUT2D eigenvalue weighted by Crippen LogP contribution is 2.24. The minimum Gasteiger partial charge on any atom is -0.497 e. The first-order valence-electron chi connectivity index (χ1n) is 7.59. The molecule has 0 unspecified atom stereocenters. The molecule has 6 heteroatoms. The van der Waals surface area contributed by atoms with Gasteiger partial charge in [-0.2, -0.15) is 10.4 Å². The average molecular weight is 332 g/mol. The lowest BCUT2D eigenvalue weighted by atomic mass is 10.0. The number of benzene rings is 2. The second kappa shape index (κ2) is 6.49. The number of hydrogen-bond donors (Lipinski definition) is 1. The SMILES string of the molecule is COc1ccc(-n2nc(C(=O)c3ccc(C)cc3)c(C#N)c2N)cc1. The smallest absolute Gasteiger partial charge is 0.214 e. The Morgan fingerprint density at radius 1 is 1.16 bits per heavy atom. The van der Waals surface area contributed by atoms with E-state index in [1.165, 1.54) is 4.68 Å². The Hall–Kier alpha value is -3.59. The van der Waals surface area contributed by atoms with Gasteiger partial charge in [0.05, 0.1) is 12.8 Å². The van der Waals surface area contributed by atoms with E-state index in [-0.39, 0.29) is 22.9 Å². The molecule has 0 amide bonds. The number of anilines is 1. The summed E-state index contributed by atoms with van der Waals surface area (Å²) in [4.78, 5) is 12.7. The van der Waals surface area contributed by atoms with Gasteiger partial charge in [-0.05, 0) is 31.2 Å². The van der Waals surface area contributed by atoms with Crippen LogP contribution in [0, 0.1) is 18.3 Å². The van der Waals surface area contributed by atoms with E-state index in [2.05, 4.69) is 5.10 Å². The van der Waals surface area contributed by atoms with Gasteiger partial charge >= 0.3 is 0 Å². The van der Waals surface area contributed by atoms with Crippen LogP contribution in [0.5, 0.6) is 5.75 Å². The Bertz CT molecular complexity index is 964. The van der Waals surface area contributed by atoms with Crippen LogP contribution >= 0.6 is 0 Å². The number of methoxy groups -OCH3 is 1. The molecule has 0 spiro atoms. The molecule has 3 rings (SSSR count). The van der Waals surface area contributed by atoms with Crippen LogP contribution in [0.3, 0.4) is 0 Å². The number of nitrogen functional groups attached to an aromatic ring is 1. The predicted octanol–water partition coefficient (Wildman–Crippen LogP) is 2.87. The van der Waals surface area contributed by atoms with Gasteiger partial charge in [0.2, 0.25) is 5.78 Å². The van der Waals surface area contributed by atoms with Crippen molar-refractivity contribution in [3.8, 4) is 17.5 Å². The Kier molecular flexibility index (Phi) is 4.23. The maximum Gasteiger partial charge on any atom is 0.214 e. The number of carbonyl (C=O) groups excluding carboxylic acids is 1. The summed E-state index contributed by atoms with van der Waals surface area (Å²) in [5, 5.41) is 13.7. The molecular weight excluding hydrogens is 316 g/mol. The lowest BCUT2D eigenvalue weighted by Gasteiger charge is -2.05. The fraction of sp³-hybridized carbons (Fsp3) is 0.105. The highest BCUT2D eigenvalue weighted by molar-refractivity contribution is 6.09. The van der Waals surface area contributed by atoms with Crippen LogP contribution in [-0.2, 0) is 0 Å². The Morgan fingerprint density at radius 3 is 2.36 bits per heavy atom. The van der Waals surface area contributed by atoms with E-state index in [1.54, 1.807) is 43.5 Å². The maximum atomic E-state index is 12.7. The lowest BCUT2D eigenvalue weighted by molar-refractivity contribution is 0.103. The van der Waals surface area contributed by atoms with Crippen LogP contribution in [0.4, 0.5) is 5.82 Å². The molecule has 1 heterocycles. The summed E-state index contributed by atoms with van der Waals surface area (Å²) in [6, 6.07) is 16.1. The van der Waals surface area contributed by atoms with Crippen molar-refractivity contribution in [1.29, 1.82) is 5.26 Å². The van der Waals surface area contributed by atoms with Gasteiger partial charge in [-0.15, -0.1) is 0 Å². The molecule has 0 radical (unpaired) electrons. The van der Waals surface area contributed by atoms with Gasteiger partial charge in [-0.3, -0.25) is 4.79 Å². The van der Waals surface area contributed by atoms with Crippen molar-refractivity contribution in [3.05, 3.63) is 70.9 Å². The Balaban J connectivity index is 2.07. The number of aryl methyl sites for hydroxylation is 1. The summed E-state index contributed by atoms with van der Waals surface area (Å²) in [5.41, 5.74) is 8.30. The fourth-order valence-corrected chi connectivity index (χ4v) is 2.46. The second-order valence-corrected chi connectivity index (χ2v) is 5.53. The Morgan fingerprint density at radius 2 is 1.80 bits per heavy atom. The van der Waals surface area contributed by atoms with E-state index in [0.717, 1.165) is 5.56 Å². The lowest BCUT2D eigenvalue weighted by Crippen LogP contribution is -2.05. The van der Waals surface area contributed by atoms with Crippen molar-refractivity contribution in [2.75, 3.05) is 12.8 Å². The first kappa shape index (κ1) is 16.3. The quantitative estimate of drug-likeness (QED) is 0.741. The summed E-state index contributed by atoms with van der Waals surface area (Å²) in [7, 11) is 1.57. The third-order valence-electron chi connectivity index (χ3n) is 3.88. The molecule has 0 saturated carbocycles. The molecule has 25 heavy (non-hydrogen) atoms. The van der Waals surface area contributed by atoms with Crippen LogP contribution in [-0.4, -0.2) is 22.7 Å². The van der Waals surface area contributed by atoms with Gasteiger partial charge in [0.1, 0.15) is 23.2 Å². The van der Waals surface area contributed by atoms with E-state index < -0.39 is 0 Å². The standard InChI is InChI=1S/C19H16N4O2/c1-12-3-5-13(6-4-12)18(24)17-16(11-20)19(21)23(22-17)14-7-9-15(25-2)10-8-14/h3-10H,21H2,1-2H3. The van der Waals surface area contributed by atoms with E-state index in [4.69, 9.17) is 10.5 Å². The highest BCUT2D eigenvalue weighted by atomic mass is 16.5. The van der Waals surface area contributed by atoms with Crippen molar-refractivity contribution in [2.24, 2.45) is 0 Å². The molecule has 0 aliphatic heterocycles. The van der Waals surface area contributed by atoms with Crippen molar-refractivity contribution >= 4 is 11.6 Å². The minimum absolute atomic E-state index is 0.0414. The van der Waals surface area contributed by atoms with Gasteiger partial charge in [-0.1, -0.05) is 29.8 Å². The average Bonchev–Trinajstić information content (AvgIpc) is 2.98. The van der Waals surface area contributed by atoms with E-state index >= 15 is 0 Å². The summed E-state index contributed by atoms with van der Waals surface area (Å²) < 4.78 is 6.51. The largest absolute Gasteiger partial charge is 0.497 e. The summed E-state index contributed by atoms with van der Waals surface area (Å²) in [6.07, 6.45) is 0. The number of carbonyl (C=O) groups is 1. The monoisotopic (exact) mass is 332 g/mol. The first-order valence-corrected chi connectivity index (χ1v) is 7.59. The molecule has 0 fully saturated rings. The van der Waals surface area contributed by atoms with E-state index in [1.807, 2.05) is 25.1 Å².